The highest BCUT2D eigenvalue weighted by atomic mass is 35.5. The van der Waals surface area contributed by atoms with Gasteiger partial charge in [0.2, 0.25) is 5.91 Å². The van der Waals surface area contributed by atoms with Crippen molar-refractivity contribution in [2.75, 3.05) is 5.32 Å². The summed E-state index contributed by atoms with van der Waals surface area (Å²) >= 11 is 6.94. The van der Waals surface area contributed by atoms with E-state index in [1.54, 1.807) is 12.1 Å². The van der Waals surface area contributed by atoms with E-state index in [1.807, 2.05) is 0 Å². The number of nitrogens with one attached hydrogen (secondary N) is 1. The van der Waals surface area contributed by atoms with Gasteiger partial charge in [-0.05, 0) is 36.4 Å². The van der Waals surface area contributed by atoms with E-state index in [2.05, 4.69) is 5.32 Å². The molecule has 2 rings (SSSR count). The highest BCUT2D eigenvalue weighted by Gasteiger charge is 2.11. The number of benzene rings is 1. The van der Waals surface area contributed by atoms with E-state index in [4.69, 9.17) is 11.6 Å². The summed E-state index contributed by atoms with van der Waals surface area (Å²) in [6, 6.07) is 8.75. The highest BCUT2D eigenvalue weighted by Crippen LogP contribution is 2.23. The summed E-state index contributed by atoms with van der Waals surface area (Å²) in [5.41, 5.74) is 0.503. The molecule has 0 aliphatic rings. The van der Waals surface area contributed by atoms with E-state index in [1.165, 1.54) is 35.6 Å². The Bertz CT molecular complexity index is 624. The van der Waals surface area contributed by atoms with E-state index in [0.29, 0.717) is 14.9 Å². The molecule has 0 fully saturated rings. The Morgan fingerprint density at radius 3 is 2.40 bits per heavy atom. The third-order valence-corrected chi connectivity index (χ3v) is 3.83. The molecule has 0 aliphatic carbocycles. The zero-order valence-corrected chi connectivity index (χ0v) is 11.9. The van der Waals surface area contributed by atoms with Crippen molar-refractivity contribution in [1.82, 2.24) is 0 Å². The lowest BCUT2D eigenvalue weighted by atomic mass is 10.2. The maximum atomic E-state index is 12.7. The number of amides is 1. The Hall–Kier alpha value is -1.72. The molecule has 0 bridgehead atoms. The van der Waals surface area contributed by atoms with Crippen LogP contribution in [0, 0.1) is 5.82 Å². The molecule has 20 heavy (non-hydrogen) atoms. The standard InChI is InChI=1S/C14H11ClFNO2S/c15-13-7-6-12(20-13)11(18)5-8-14(19)17-10-3-1-9(16)2-4-10/h1-4,6-7H,5,8H2,(H,17,19). The van der Waals surface area contributed by atoms with Crippen molar-refractivity contribution in [1.29, 1.82) is 0 Å². The van der Waals surface area contributed by atoms with Crippen LogP contribution in [0.5, 0.6) is 0 Å². The fraction of sp³-hybridized carbons (Fsp3) is 0.143. The fourth-order valence-electron chi connectivity index (χ4n) is 1.57. The number of carbonyl (C=O) groups excluding carboxylic acids is 2. The number of halogens is 2. The number of hydrogen-bond acceptors (Lipinski definition) is 3. The quantitative estimate of drug-likeness (QED) is 0.843. The first kappa shape index (κ1) is 14.7. The van der Waals surface area contributed by atoms with E-state index >= 15 is 0 Å². The van der Waals surface area contributed by atoms with E-state index in [0.717, 1.165) is 0 Å². The van der Waals surface area contributed by atoms with Gasteiger partial charge in [-0.1, -0.05) is 11.6 Å². The summed E-state index contributed by atoms with van der Waals surface area (Å²) < 4.78 is 13.2. The SMILES string of the molecule is O=C(CCC(=O)c1ccc(Cl)s1)Nc1ccc(F)cc1. The molecule has 0 unspecified atom stereocenters. The van der Waals surface area contributed by atoms with Gasteiger partial charge in [-0.25, -0.2) is 4.39 Å². The molecule has 104 valence electrons. The second-order valence-corrected chi connectivity index (χ2v) is 5.80. The Kier molecular flexibility index (Phi) is 4.87. The zero-order valence-electron chi connectivity index (χ0n) is 10.4. The molecule has 1 N–H and O–H groups in total. The average molecular weight is 312 g/mol. The van der Waals surface area contributed by atoms with Crippen molar-refractivity contribution in [2.45, 2.75) is 12.8 Å². The van der Waals surface area contributed by atoms with Crippen molar-refractivity contribution >= 4 is 40.3 Å². The number of anilines is 1. The van der Waals surface area contributed by atoms with Gasteiger partial charge in [-0.2, -0.15) is 0 Å². The van der Waals surface area contributed by atoms with Gasteiger partial charge in [0.1, 0.15) is 5.82 Å². The third kappa shape index (κ3) is 4.15. The molecular formula is C14H11ClFNO2S. The second-order valence-electron chi connectivity index (χ2n) is 4.08. The van der Waals surface area contributed by atoms with Crippen LogP contribution in [-0.2, 0) is 4.79 Å². The molecule has 1 amide bonds. The van der Waals surface area contributed by atoms with Crippen LogP contribution in [0.25, 0.3) is 0 Å². The van der Waals surface area contributed by atoms with Crippen LogP contribution < -0.4 is 5.32 Å². The van der Waals surface area contributed by atoms with Crippen molar-refractivity contribution in [3.05, 3.63) is 51.4 Å². The third-order valence-electron chi connectivity index (χ3n) is 2.56. The first-order valence-corrected chi connectivity index (χ1v) is 7.08. The number of carbonyl (C=O) groups is 2. The van der Waals surface area contributed by atoms with Crippen molar-refractivity contribution in [3.63, 3.8) is 0 Å². The van der Waals surface area contributed by atoms with E-state index < -0.39 is 0 Å². The van der Waals surface area contributed by atoms with Crippen molar-refractivity contribution in [3.8, 4) is 0 Å². The summed E-state index contributed by atoms with van der Waals surface area (Å²) in [5.74, 6) is -0.767. The maximum absolute atomic E-state index is 12.7. The summed E-state index contributed by atoms with van der Waals surface area (Å²) in [4.78, 5) is 24.0. The molecule has 6 heteroatoms. The van der Waals surface area contributed by atoms with Crippen LogP contribution in [-0.4, -0.2) is 11.7 Å². The number of hydrogen-bond donors (Lipinski definition) is 1. The minimum absolute atomic E-state index is 0.0751. The van der Waals surface area contributed by atoms with Crippen LogP contribution in [0.3, 0.4) is 0 Å². The normalized spacial score (nSPS) is 10.3. The van der Waals surface area contributed by atoms with Gasteiger partial charge in [-0.3, -0.25) is 9.59 Å². The van der Waals surface area contributed by atoms with Crippen LogP contribution in [0.4, 0.5) is 10.1 Å². The lowest BCUT2D eigenvalue weighted by Crippen LogP contribution is -2.13. The van der Waals surface area contributed by atoms with Gasteiger partial charge in [0.05, 0.1) is 9.21 Å². The predicted molar refractivity (Wildman–Crippen MR) is 77.9 cm³/mol. The monoisotopic (exact) mass is 311 g/mol. The molecule has 2 aromatic rings. The Morgan fingerprint density at radius 2 is 1.80 bits per heavy atom. The van der Waals surface area contributed by atoms with Crippen LogP contribution in [0.1, 0.15) is 22.5 Å². The van der Waals surface area contributed by atoms with Crippen LogP contribution >= 0.6 is 22.9 Å². The van der Waals surface area contributed by atoms with E-state index in [9.17, 15) is 14.0 Å². The van der Waals surface area contributed by atoms with Crippen molar-refractivity contribution in [2.24, 2.45) is 0 Å². The molecule has 1 aromatic heterocycles. The molecule has 1 aromatic carbocycles. The summed E-state index contributed by atoms with van der Waals surface area (Å²) in [5, 5.41) is 2.60. The summed E-state index contributed by atoms with van der Waals surface area (Å²) in [7, 11) is 0. The number of thiophene rings is 1. The predicted octanol–water partition coefficient (Wildman–Crippen LogP) is 4.14. The lowest BCUT2D eigenvalue weighted by molar-refractivity contribution is -0.116. The van der Waals surface area contributed by atoms with Gasteiger partial charge in [0.15, 0.2) is 5.78 Å². The second kappa shape index (κ2) is 6.63. The van der Waals surface area contributed by atoms with E-state index in [-0.39, 0.29) is 30.3 Å². The topological polar surface area (TPSA) is 46.2 Å². The minimum atomic E-state index is -0.368. The molecule has 0 aliphatic heterocycles. The van der Waals surface area contributed by atoms with Gasteiger partial charge in [0, 0.05) is 18.5 Å². The molecule has 0 spiro atoms. The zero-order chi connectivity index (χ0) is 14.5. The summed E-state index contributed by atoms with van der Waals surface area (Å²) in [6.45, 7) is 0. The number of ketones is 1. The van der Waals surface area contributed by atoms with Crippen molar-refractivity contribution < 1.29 is 14.0 Å². The Morgan fingerprint density at radius 1 is 1.10 bits per heavy atom. The van der Waals surface area contributed by atoms with Gasteiger partial charge >= 0.3 is 0 Å². The molecule has 1 heterocycles. The van der Waals surface area contributed by atoms with Gasteiger partial charge < -0.3 is 5.32 Å². The first-order valence-electron chi connectivity index (χ1n) is 5.88. The highest BCUT2D eigenvalue weighted by molar-refractivity contribution is 7.18. The van der Waals surface area contributed by atoms with Crippen LogP contribution in [0.2, 0.25) is 4.34 Å². The maximum Gasteiger partial charge on any atom is 0.224 e. The Balaban J connectivity index is 1.83. The Labute approximate surface area is 124 Å². The van der Waals surface area contributed by atoms with Gasteiger partial charge in [-0.15, -0.1) is 11.3 Å². The molecule has 0 saturated heterocycles. The van der Waals surface area contributed by atoms with Crippen LogP contribution in [0.15, 0.2) is 36.4 Å². The number of Topliss-reactive ketones (excluding diaryl/α,β-unsaturated/α-hetero) is 1. The average Bonchev–Trinajstić information content (AvgIpc) is 2.85. The molecule has 0 radical (unpaired) electrons. The molecule has 0 atom stereocenters. The molecule has 0 saturated carbocycles. The van der Waals surface area contributed by atoms with Gasteiger partial charge in [0.25, 0.3) is 0 Å². The fourth-order valence-corrected chi connectivity index (χ4v) is 2.58. The molecule has 3 nitrogen and oxygen atoms in total. The number of rotatable bonds is 5. The smallest absolute Gasteiger partial charge is 0.224 e. The molecular weight excluding hydrogens is 301 g/mol. The lowest BCUT2D eigenvalue weighted by Gasteiger charge is -2.04. The first-order chi connectivity index (χ1) is 9.54. The largest absolute Gasteiger partial charge is 0.326 e. The summed E-state index contributed by atoms with van der Waals surface area (Å²) in [6.07, 6.45) is 0.190. The minimum Gasteiger partial charge on any atom is -0.326 e.